The number of anilines is 1. The standard InChI is InChI=1S/C21H16F3N3O2S/c1-12-2-4-13(5-3-12)16-11-30-20(26-16)18-17(28)10-27(19(18)25)14-6-8-15(9-7-14)29-21(22,23)24/h2-9,11,25,28H,10H2,1H3. The van der Waals surface area contributed by atoms with E-state index in [-0.39, 0.29) is 23.9 Å². The molecular formula is C21H16F3N3O2S. The Morgan fingerprint density at radius 1 is 1.10 bits per heavy atom. The molecule has 9 heteroatoms. The van der Waals surface area contributed by atoms with Gasteiger partial charge in [-0.05, 0) is 31.2 Å². The molecule has 0 aliphatic carbocycles. The molecule has 1 aliphatic heterocycles. The van der Waals surface area contributed by atoms with Gasteiger partial charge in [0.2, 0.25) is 0 Å². The maximum Gasteiger partial charge on any atom is 0.573 e. The van der Waals surface area contributed by atoms with Crippen molar-refractivity contribution in [1.82, 2.24) is 4.98 Å². The summed E-state index contributed by atoms with van der Waals surface area (Å²) in [7, 11) is 0. The second-order valence-electron chi connectivity index (χ2n) is 6.70. The van der Waals surface area contributed by atoms with Gasteiger partial charge in [-0.1, -0.05) is 29.8 Å². The van der Waals surface area contributed by atoms with E-state index in [1.807, 2.05) is 36.6 Å². The third kappa shape index (κ3) is 4.02. The maximum atomic E-state index is 12.3. The molecule has 4 rings (SSSR count). The van der Waals surface area contributed by atoms with Gasteiger partial charge in [0.05, 0.1) is 17.8 Å². The monoisotopic (exact) mass is 431 g/mol. The van der Waals surface area contributed by atoms with Crippen LogP contribution >= 0.6 is 11.3 Å². The molecule has 154 valence electrons. The fourth-order valence-electron chi connectivity index (χ4n) is 3.10. The molecular weight excluding hydrogens is 415 g/mol. The topological polar surface area (TPSA) is 69.4 Å². The molecule has 0 spiro atoms. The Balaban J connectivity index is 1.55. The molecule has 1 aliphatic rings. The zero-order chi connectivity index (χ0) is 21.5. The van der Waals surface area contributed by atoms with Crippen molar-refractivity contribution in [3.8, 4) is 17.0 Å². The number of thiazole rings is 1. The highest BCUT2D eigenvalue weighted by molar-refractivity contribution is 7.11. The molecule has 2 N–H and O–H groups in total. The van der Waals surface area contributed by atoms with E-state index in [0.29, 0.717) is 16.3 Å². The number of nitrogens with zero attached hydrogens (tertiary/aromatic N) is 2. The number of ether oxygens (including phenoxy) is 1. The van der Waals surface area contributed by atoms with Crippen LogP contribution in [0.2, 0.25) is 0 Å². The van der Waals surface area contributed by atoms with Crippen LogP contribution in [0.1, 0.15) is 10.6 Å². The summed E-state index contributed by atoms with van der Waals surface area (Å²) in [4.78, 5) is 6.06. The molecule has 0 atom stereocenters. The normalized spacial score (nSPS) is 14.5. The summed E-state index contributed by atoms with van der Waals surface area (Å²) in [6, 6.07) is 13.0. The molecule has 30 heavy (non-hydrogen) atoms. The number of alkyl halides is 3. The van der Waals surface area contributed by atoms with Crippen molar-refractivity contribution in [2.45, 2.75) is 13.3 Å². The number of aromatic nitrogens is 1. The van der Waals surface area contributed by atoms with Crippen molar-refractivity contribution in [3.05, 3.63) is 70.2 Å². The van der Waals surface area contributed by atoms with E-state index in [4.69, 9.17) is 5.41 Å². The largest absolute Gasteiger partial charge is 0.573 e. The molecule has 0 saturated carbocycles. The lowest BCUT2D eigenvalue weighted by Crippen LogP contribution is -2.26. The molecule has 1 aromatic heterocycles. The first kappa shape index (κ1) is 20.0. The molecule has 0 fully saturated rings. The predicted molar refractivity (Wildman–Crippen MR) is 110 cm³/mol. The number of rotatable bonds is 4. The molecule has 0 amide bonds. The molecule has 2 aromatic carbocycles. The average Bonchev–Trinajstić information content (AvgIpc) is 3.26. The van der Waals surface area contributed by atoms with E-state index >= 15 is 0 Å². The highest BCUT2D eigenvalue weighted by atomic mass is 32.1. The second-order valence-corrected chi connectivity index (χ2v) is 7.56. The van der Waals surface area contributed by atoms with Crippen LogP contribution in [0.5, 0.6) is 5.75 Å². The van der Waals surface area contributed by atoms with Crippen molar-refractivity contribution >= 4 is 28.4 Å². The summed E-state index contributed by atoms with van der Waals surface area (Å²) in [5.41, 5.74) is 3.59. The Kier molecular flexibility index (Phi) is 4.98. The number of aliphatic hydroxyl groups is 1. The van der Waals surface area contributed by atoms with Gasteiger partial charge in [-0.2, -0.15) is 0 Å². The van der Waals surface area contributed by atoms with Crippen LogP contribution < -0.4 is 9.64 Å². The van der Waals surface area contributed by atoms with Crippen molar-refractivity contribution in [1.29, 1.82) is 5.41 Å². The quantitative estimate of drug-likeness (QED) is 0.549. The van der Waals surface area contributed by atoms with Gasteiger partial charge in [0.1, 0.15) is 22.4 Å². The van der Waals surface area contributed by atoms with Crippen molar-refractivity contribution in [2.75, 3.05) is 11.4 Å². The zero-order valence-corrected chi connectivity index (χ0v) is 16.5. The number of hydrogen-bond acceptors (Lipinski definition) is 5. The first-order valence-corrected chi connectivity index (χ1v) is 9.76. The lowest BCUT2D eigenvalue weighted by Gasteiger charge is -2.19. The zero-order valence-electron chi connectivity index (χ0n) is 15.7. The van der Waals surface area contributed by atoms with Gasteiger partial charge >= 0.3 is 6.36 Å². The number of halogens is 3. The molecule has 0 saturated heterocycles. The van der Waals surface area contributed by atoms with Crippen molar-refractivity contribution in [2.24, 2.45) is 0 Å². The third-order valence-electron chi connectivity index (χ3n) is 4.55. The third-order valence-corrected chi connectivity index (χ3v) is 5.41. The van der Waals surface area contributed by atoms with Crippen LogP contribution in [0.25, 0.3) is 16.8 Å². The summed E-state index contributed by atoms with van der Waals surface area (Å²) >= 11 is 1.32. The first-order valence-electron chi connectivity index (χ1n) is 8.88. The van der Waals surface area contributed by atoms with Crippen LogP contribution in [0, 0.1) is 12.3 Å². The Hall–Kier alpha value is -3.33. The molecule has 0 radical (unpaired) electrons. The van der Waals surface area contributed by atoms with Crippen LogP contribution in [0.4, 0.5) is 18.9 Å². The van der Waals surface area contributed by atoms with Gasteiger partial charge < -0.3 is 14.7 Å². The van der Waals surface area contributed by atoms with Crippen molar-refractivity contribution in [3.63, 3.8) is 0 Å². The summed E-state index contributed by atoms with van der Waals surface area (Å²) in [5.74, 6) is -0.334. The fourth-order valence-corrected chi connectivity index (χ4v) is 3.99. The highest BCUT2D eigenvalue weighted by Gasteiger charge is 2.33. The minimum absolute atomic E-state index is 0.0135. The lowest BCUT2D eigenvalue weighted by molar-refractivity contribution is -0.274. The van der Waals surface area contributed by atoms with E-state index < -0.39 is 6.36 Å². The average molecular weight is 431 g/mol. The number of aryl methyl sites for hydroxylation is 1. The summed E-state index contributed by atoms with van der Waals surface area (Å²) in [6.45, 7) is 2.03. The Morgan fingerprint density at radius 3 is 2.40 bits per heavy atom. The SMILES string of the molecule is Cc1ccc(-c2csc(C3=C(O)CN(c4ccc(OC(F)(F)F)cc4)C3=N)n2)cc1. The predicted octanol–water partition coefficient (Wildman–Crippen LogP) is 5.78. The molecule has 2 heterocycles. The van der Waals surface area contributed by atoms with E-state index in [0.717, 1.165) is 16.8 Å². The van der Waals surface area contributed by atoms with Gasteiger partial charge in [0.15, 0.2) is 0 Å². The Bertz CT molecular complexity index is 1120. The van der Waals surface area contributed by atoms with Crippen LogP contribution in [-0.4, -0.2) is 28.8 Å². The minimum Gasteiger partial charge on any atom is -0.510 e. The molecule has 0 unspecified atom stereocenters. The lowest BCUT2D eigenvalue weighted by atomic mass is 10.1. The number of nitrogens with one attached hydrogen (secondary N) is 1. The smallest absolute Gasteiger partial charge is 0.510 e. The van der Waals surface area contributed by atoms with Gasteiger partial charge in [-0.25, -0.2) is 4.98 Å². The van der Waals surface area contributed by atoms with Gasteiger partial charge in [0, 0.05) is 16.6 Å². The van der Waals surface area contributed by atoms with Crippen LogP contribution in [0.15, 0.2) is 59.7 Å². The van der Waals surface area contributed by atoms with E-state index in [9.17, 15) is 18.3 Å². The first-order chi connectivity index (χ1) is 14.2. The van der Waals surface area contributed by atoms with E-state index in [2.05, 4.69) is 9.72 Å². The number of benzene rings is 2. The van der Waals surface area contributed by atoms with E-state index in [1.165, 1.54) is 40.5 Å². The van der Waals surface area contributed by atoms with Gasteiger partial charge in [-0.15, -0.1) is 24.5 Å². The maximum absolute atomic E-state index is 12.3. The summed E-state index contributed by atoms with van der Waals surface area (Å²) < 4.78 is 40.9. The summed E-state index contributed by atoms with van der Waals surface area (Å²) in [5, 5.41) is 21.3. The number of amidine groups is 1. The second kappa shape index (κ2) is 7.49. The highest BCUT2D eigenvalue weighted by Crippen LogP contribution is 2.35. The molecule has 5 nitrogen and oxygen atoms in total. The molecule has 0 bridgehead atoms. The molecule has 3 aromatic rings. The minimum atomic E-state index is -4.77. The van der Waals surface area contributed by atoms with Crippen LogP contribution in [-0.2, 0) is 0 Å². The summed E-state index contributed by atoms with van der Waals surface area (Å²) in [6.07, 6.45) is -4.77. The Morgan fingerprint density at radius 2 is 1.77 bits per heavy atom. The van der Waals surface area contributed by atoms with Gasteiger partial charge in [0.25, 0.3) is 0 Å². The number of hydrogen-bond donors (Lipinski definition) is 2. The fraction of sp³-hybridized carbons (Fsp3) is 0.143. The van der Waals surface area contributed by atoms with Crippen molar-refractivity contribution < 1.29 is 23.0 Å². The Labute approximate surface area is 174 Å². The van der Waals surface area contributed by atoms with Crippen LogP contribution in [0.3, 0.4) is 0 Å². The number of aliphatic hydroxyl groups excluding tert-OH is 1. The van der Waals surface area contributed by atoms with Gasteiger partial charge in [-0.3, -0.25) is 5.41 Å². The van der Waals surface area contributed by atoms with E-state index in [1.54, 1.807) is 0 Å².